The summed E-state index contributed by atoms with van der Waals surface area (Å²) in [6.07, 6.45) is 3.52. The van der Waals surface area contributed by atoms with Crippen LogP contribution in [0.25, 0.3) is 0 Å². The first-order chi connectivity index (χ1) is 9.70. The summed E-state index contributed by atoms with van der Waals surface area (Å²) in [5, 5.41) is 15.2. The number of aliphatic hydroxyl groups excluding tert-OH is 1. The minimum atomic E-state index is -0.241. The number of aromatic nitrogens is 1. The highest BCUT2D eigenvalue weighted by Crippen LogP contribution is 2.29. The van der Waals surface area contributed by atoms with E-state index >= 15 is 0 Å². The number of thiazole rings is 1. The number of hydrogen-bond donors (Lipinski definition) is 4. The van der Waals surface area contributed by atoms with Gasteiger partial charge in [-0.2, -0.15) is 0 Å². The molecule has 0 aromatic carbocycles. The summed E-state index contributed by atoms with van der Waals surface area (Å²) in [5.74, 6) is 0.0138. The Bertz CT molecular complexity index is 448. The van der Waals surface area contributed by atoms with Crippen molar-refractivity contribution in [3.63, 3.8) is 0 Å². The van der Waals surface area contributed by atoms with Crippen LogP contribution in [0.1, 0.15) is 28.9 Å². The fraction of sp³-hybridized carbons (Fsp3) is 0.667. The number of amides is 1. The van der Waals surface area contributed by atoms with Gasteiger partial charge >= 0.3 is 0 Å². The largest absolute Gasteiger partial charge is 0.394 e. The van der Waals surface area contributed by atoms with Crippen LogP contribution in [0.3, 0.4) is 0 Å². The van der Waals surface area contributed by atoms with Crippen LogP contribution in [0, 0.1) is 0 Å². The van der Waals surface area contributed by atoms with Crippen molar-refractivity contribution in [2.45, 2.75) is 25.3 Å². The predicted molar refractivity (Wildman–Crippen MR) is 78.0 cm³/mol. The number of carbonyl (C=O) groups excluding carboxylic acids is 1. The smallest absolute Gasteiger partial charge is 0.265 e. The average Bonchev–Trinajstić information content (AvgIpc) is 2.75. The molecule has 1 heterocycles. The van der Waals surface area contributed by atoms with Crippen LogP contribution in [0.4, 0.5) is 10.9 Å². The van der Waals surface area contributed by atoms with E-state index in [1.807, 2.05) is 0 Å². The van der Waals surface area contributed by atoms with Crippen LogP contribution in [0.2, 0.25) is 0 Å². The van der Waals surface area contributed by atoms with Crippen LogP contribution in [0.15, 0.2) is 0 Å². The Morgan fingerprint density at radius 3 is 2.95 bits per heavy atom. The standard InChI is InChI=1S/C12H20N4O3S/c13-10-9(11(18)14-4-6-19-7-5-17)20-12(16-10)15-8-2-1-3-8/h8,17H,1-7,13H2,(H,14,18)(H,15,16). The Morgan fingerprint density at radius 2 is 2.30 bits per heavy atom. The Balaban J connectivity index is 1.79. The topological polar surface area (TPSA) is 110 Å². The third-order valence-electron chi connectivity index (χ3n) is 3.06. The van der Waals surface area contributed by atoms with Gasteiger partial charge < -0.3 is 26.2 Å². The van der Waals surface area contributed by atoms with Crippen LogP contribution in [-0.4, -0.2) is 48.4 Å². The number of rotatable bonds is 8. The molecule has 0 aliphatic heterocycles. The molecule has 0 spiro atoms. The van der Waals surface area contributed by atoms with Crippen LogP contribution < -0.4 is 16.4 Å². The minimum absolute atomic E-state index is 0.0219. The fourth-order valence-corrected chi connectivity index (χ4v) is 2.65. The summed E-state index contributed by atoms with van der Waals surface area (Å²) in [4.78, 5) is 16.5. The molecule has 8 heteroatoms. The van der Waals surface area contributed by atoms with Crippen molar-refractivity contribution < 1.29 is 14.6 Å². The summed E-state index contributed by atoms with van der Waals surface area (Å²) in [5.41, 5.74) is 5.76. The molecule has 1 saturated carbocycles. The lowest BCUT2D eigenvalue weighted by atomic mass is 9.93. The highest BCUT2D eigenvalue weighted by molar-refractivity contribution is 7.18. The van der Waals surface area contributed by atoms with Gasteiger partial charge in [0.2, 0.25) is 0 Å². The normalized spacial score (nSPS) is 14.8. The molecular weight excluding hydrogens is 280 g/mol. The maximum absolute atomic E-state index is 11.9. The maximum Gasteiger partial charge on any atom is 0.265 e. The molecule has 1 aliphatic rings. The van der Waals surface area contributed by atoms with Gasteiger partial charge in [0.1, 0.15) is 10.7 Å². The van der Waals surface area contributed by atoms with Gasteiger partial charge in [-0.15, -0.1) is 0 Å². The van der Waals surface area contributed by atoms with E-state index in [4.69, 9.17) is 15.6 Å². The number of nitrogen functional groups attached to an aromatic ring is 1. The quantitative estimate of drug-likeness (QED) is 0.518. The first-order valence-corrected chi connectivity index (χ1v) is 7.52. The molecule has 5 N–H and O–H groups in total. The molecule has 1 aliphatic carbocycles. The molecule has 2 rings (SSSR count). The van der Waals surface area contributed by atoms with E-state index in [0.29, 0.717) is 29.2 Å². The second-order valence-electron chi connectivity index (χ2n) is 4.60. The van der Waals surface area contributed by atoms with Gasteiger partial charge in [-0.1, -0.05) is 11.3 Å². The second-order valence-corrected chi connectivity index (χ2v) is 5.60. The van der Waals surface area contributed by atoms with Gasteiger partial charge in [0, 0.05) is 12.6 Å². The second kappa shape index (κ2) is 7.41. The summed E-state index contributed by atoms with van der Waals surface area (Å²) < 4.78 is 5.06. The molecule has 0 atom stereocenters. The summed E-state index contributed by atoms with van der Waals surface area (Å²) in [6, 6.07) is 0.461. The Hall–Kier alpha value is -1.38. The van der Waals surface area contributed by atoms with E-state index < -0.39 is 0 Å². The van der Waals surface area contributed by atoms with Gasteiger partial charge in [-0.25, -0.2) is 4.98 Å². The number of ether oxygens (including phenoxy) is 1. The number of hydrogen-bond acceptors (Lipinski definition) is 7. The number of nitrogens with two attached hydrogens (primary N) is 1. The average molecular weight is 300 g/mol. The molecule has 0 unspecified atom stereocenters. The fourth-order valence-electron chi connectivity index (χ4n) is 1.77. The van der Waals surface area contributed by atoms with E-state index in [2.05, 4.69) is 15.6 Å². The Kier molecular flexibility index (Phi) is 5.57. The van der Waals surface area contributed by atoms with Gasteiger partial charge in [0.25, 0.3) is 5.91 Å². The number of nitrogens with one attached hydrogen (secondary N) is 2. The molecule has 0 saturated heterocycles. The number of nitrogens with zero attached hydrogens (tertiary/aromatic N) is 1. The highest BCUT2D eigenvalue weighted by atomic mass is 32.1. The SMILES string of the molecule is Nc1nc(NC2CCC2)sc1C(=O)NCCOCCO. The van der Waals surface area contributed by atoms with Crippen molar-refractivity contribution in [1.82, 2.24) is 10.3 Å². The zero-order chi connectivity index (χ0) is 14.4. The highest BCUT2D eigenvalue weighted by Gasteiger charge is 2.21. The van der Waals surface area contributed by atoms with Gasteiger partial charge in [-0.3, -0.25) is 4.79 Å². The molecule has 1 amide bonds. The molecule has 7 nitrogen and oxygen atoms in total. The van der Waals surface area contributed by atoms with Crippen molar-refractivity contribution >= 4 is 28.2 Å². The predicted octanol–water partition coefficient (Wildman–Crippen LogP) is 0.428. The van der Waals surface area contributed by atoms with E-state index in [0.717, 1.165) is 12.8 Å². The van der Waals surface area contributed by atoms with Crippen molar-refractivity contribution in [3.8, 4) is 0 Å². The molecule has 1 fully saturated rings. The summed E-state index contributed by atoms with van der Waals surface area (Å²) in [6.45, 7) is 0.986. The van der Waals surface area contributed by atoms with Crippen molar-refractivity contribution in [2.75, 3.05) is 37.4 Å². The first kappa shape index (κ1) is 15.0. The number of anilines is 2. The van der Waals surface area contributed by atoms with Gasteiger partial charge in [-0.05, 0) is 19.3 Å². The van der Waals surface area contributed by atoms with Crippen LogP contribution >= 0.6 is 11.3 Å². The van der Waals surface area contributed by atoms with Gasteiger partial charge in [0.05, 0.1) is 19.8 Å². The molecule has 20 heavy (non-hydrogen) atoms. The summed E-state index contributed by atoms with van der Waals surface area (Å²) >= 11 is 1.27. The van der Waals surface area contributed by atoms with E-state index in [9.17, 15) is 4.79 Å². The lowest BCUT2D eigenvalue weighted by Crippen LogP contribution is -2.27. The van der Waals surface area contributed by atoms with E-state index in [1.165, 1.54) is 17.8 Å². The Labute approximate surface area is 121 Å². The zero-order valence-electron chi connectivity index (χ0n) is 11.2. The summed E-state index contributed by atoms with van der Waals surface area (Å²) in [7, 11) is 0. The Morgan fingerprint density at radius 1 is 1.50 bits per heavy atom. The van der Waals surface area contributed by atoms with Crippen molar-refractivity contribution in [2.24, 2.45) is 0 Å². The van der Waals surface area contributed by atoms with Crippen molar-refractivity contribution in [3.05, 3.63) is 4.88 Å². The third kappa shape index (κ3) is 4.06. The zero-order valence-corrected chi connectivity index (χ0v) is 12.0. The minimum Gasteiger partial charge on any atom is -0.394 e. The lowest BCUT2D eigenvalue weighted by molar-refractivity contribution is 0.0841. The first-order valence-electron chi connectivity index (χ1n) is 6.70. The molecule has 0 radical (unpaired) electrons. The lowest BCUT2D eigenvalue weighted by Gasteiger charge is -2.25. The van der Waals surface area contributed by atoms with Gasteiger partial charge in [0.15, 0.2) is 5.13 Å². The van der Waals surface area contributed by atoms with Crippen molar-refractivity contribution in [1.29, 1.82) is 0 Å². The molecular formula is C12H20N4O3S. The van der Waals surface area contributed by atoms with Crippen LogP contribution in [0.5, 0.6) is 0 Å². The maximum atomic E-state index is 11.9. The third-order valence-corrected chi connectivity index (χ3v) is 4.06. The molecule has 112 valence electrons. The molecule has 0 bridgehead atoms. The molecule has 1 aromatic rings. The van der Waals surface area contributed by atoms with E-state index in [-0.39, 0.29) is 24.9 Å². The number of carbonyl (C=O) groups is 1. The molecule has 1 aromatic heterocycles. The van der Waals surface area contributed by atoms with E-state index in [1.54, 1.807) is 0 Å². The number of aliphatic hydroxyl groups is 1. The van der Waals surface area contributed by atoms with Crippen LogP contribution in [-0.2, 0) is 4.74 Å². The monoisotopic (exact) mass is 300 g/mol.